The van der Waals surface area contributed by atoms with Gasteiger partial charge in [-0.3, -0.25) is 4.79 Å². The fraction of sp³-hybridized carbons (Fsp3) is 0.882. The minimum atomic E-state index is -0.375. The molecule has 0 radical (unpaired) electrons. The first-order chi connectivity index (χ1) is 9.99. The Morgan fingerprint density at radius 3 is 1.91 bits per heavy atom. The first kappa shape index (κ1) is 20.7. The molecule has 5 heteroatoms. The maximum atomic E-state index is 11.5. The number of carbonyl (C=O) groups excluding carboxylic acids is 2. The number of nitrogens with one attached hydrogen (secondary N) is 1. The fourth-order valence-electron chi connectivity index (χ4n) is 1.46. The van der Waals surface area contributed by atoms with Gasteiger partial charge in [-0.2, -0.15) is 0 Å². The smallest absolute Gasteiger partial charge is 0.407 e. The van der Waals surface area contributed by atoms with Crippen LogP contribution in [0.2, 0.25) is 0 Å². The molecule has 0 saturated carbocycles. The molecular formula is C17H33NO4. The quantitative estimate of drug-likeness (QED) is 0.545. The normalized spacial score (nSPS) is 11.9. The van der Waals surface area contributed by atoms with Crippen molar-refractivity contribution in [2.75, 3.05) is 19.8 Å². The predicted molar refractivity (Wildman–Crippen MR) is 87.7 cm³/mol. The van der Waals surface area contributed by atoms with Gasteiger partial charge >= 0.3 is 12.1 Å². The lowest BCUT2D eigenvalue weighted by molar-refractivity contribution is -0.146. The van der Waals surface area contributed by atoms with E-state index in [2.05, 4.69) is 5.32 Å². The van der Waals surface area contributed by atoms with Crippen LogP contribution in [0, 0.1) is 10.8 Å². The van der Waals surface area contributed by atoms with Crippen LogP contribution in [-0.2, 0) is 14.3 Å². The fourth-order valence-corrected chi connectivity index (χ4v) is 1.46. The van der Waals surface area contributed by atoms with E-state index >= 15 is 0 Å². The molecule has 0 aromatic carbocycles. The summed E-state index contributed by atoms with van der Waals surface area (Å²) in [7, 11) is 0. The van der Waals surface area contributed by atoms with Crippen LogP contribution in [0.15, 0.2) is 0 Å². The summed E-state index contributed by atoms with van der Waals surface area (Å²) in [5, 5.41) is 2.71. The number of unbranched alkanes of at least 4 members (excludes halogenated alkanes) is 2. The Morgan fingerprint density at radius 1 is 0.818 bits per heavy atom. The molecule has 1 amide bonds. The maximum absolute atomic E-state index is 11.5. The molecule has 130 valence electrons. The highest BCUT2D eigenvalue weighted by Crippen LogP contribution is 2.14. The van der Waals surface area contributed by atoms with Gasteiger partial charge < -0.3 is 14.8 Å². The first-order valence-electron chi connectivity index (χ1n) is 8.06. The van der Waals surface area contributed by atoms with Gasteiger partial charge in [-0.05, 0) is 23.7 Å². The average Bonchev–Trinajstić information content (AvgIpc) is 2.36. The second-order valence-corrected chi connectivity index (χ2v) is 8.10. The topological polar surface area (TPSA) is 64.6 Å². The third-order valence-corrected chi connectivity index (χ3v) is 2.63. The molecule has 0 bridgehead atoms. The van der Waals surface area contributed by atoms with Crippen molar-refractivity contribution in [1.82, 2.24) is 5.32 Å². The number of carbonyl (C=O) groups is 2. The average molecular weight is 315 g/mol. The highest BCUT2D eigenvalue weighted by atomic mass is 16.5. The van der Waals surface area contributed by atoms with E-state index in [1.807, 2.05) is 41.5 Å². The SMILES string of the molecule is CC(C)(C)COC(=O)CCCCCNC(=O)OCC(C)(C)C. The van der Waals surface area contributed by atoms with Crippen molar-refractivity contribution >= 4 is 12.1 Å². The number of ether oxygens (including phenoxy) is 2. The molecule has 0 aliphatic carbocycles. The largest absolute Gasteiger partial charge is 0.465 e. The number of amides is 1. The van der Waals surface area contributed by atoms with Crippen LogP contribution >= 0.6 is 0 Å². The van der Waals surface area contributed by atoms with Gasteiger partial charge in [-0.15, -0.1) is 0 Å². The Kier molecular flexibility index (Phi) is 9.14. The Hall–Kier alpha value is -1.26. The lowest BCUT2D eigenvalue weighted by atomic mass is 9.99. The molecular weight excluding hydrogens is 282 g/mol. The van der Waals surface area contributed by atoms with Crippen LogP contribution in [0.3, 0.4) is 0 Å². The molecule has 0 unspecified atom stereocenters. The van der Waals surface area contributed by atoms with Crippen LogP contribution in [0.4, 0.5) is 4.79 Å². The maximum Gasteiger partial charge on any atom is 0.407 e. The summed E-state index contributed by atoms with van der Waals surface area (Å²) in [6, 6.07) is 0. The van der Waals surface area contributed by atoms with E-state index in [-0.39, 0.29) is 22.9 Å². The second kappa shape index (κ2) is 9.70. The standard InChI is InChI=1S/C17H33NO4/c1-16(2,3)12-21-14(19)10-8-7-9-11-18-15(20)22-13-17(4,5)6/h7-13H2,1-6H3,(H,18,20). The van der Waals surface area contributed by atoms with Crippen molar-refractivity contribution in [1.29, 1.82) is 0 Å². The zero-order valence-electron chi connectivity index (χ0n) is 15.1. The third kappa shape index (κ3) is 15.1. The molecule has 0 aliphatic heterocycles. The number of alkyl carbamates (subject to hydrolysis) is 1. The molecule has 0 rings (SSSR count). The van der Waals surface area contributed by atoms with E-state index in [0.29, 0.717) is 26.2 Å². The summed E-state index contributed by atoms with van der Waals surface area (Å²) in [4.78, 5) is 22.9. The van der Waals surface area contributed by atoms with E-state index < -0.39 is 0 Å². The number of hydrogen-bond donors (Lipinski definition) is 1. The van der Waals surface area contributed by atoms with Crippen LogP contribution < -0.4 is 5.32 Å². The Bertz CT molecular complexity index is 306. The van der Waals surface area contributed by atoms with Gasteiger partial charge in [0.1, 0.15) is 0 Å². The van der Waals surface area contributed by atoms with Crippen molar-refractivity contribution in [2.24, 2.45) is 10.8 Å². The van der Waals surface area contributed by atoms with Crippen LogP contribution in [0.1, 0.15) is 67.2 Å². The van der Waals surface area contributed by atoms with E-state index in [1.54, 1.807) is 0 Å². The van der Waals surface area contributed by atoms with E-state index in [9.17, 15) is 9.59 Å². The summed E-state index contributed by atoms with van der Waals surface area (Å²) >= 11 is 0. The van der Waals surface area contributed by atoms with Crippen LogP contribution in [0.25, 0.3) is 0 Å². The van der Waals surface area contributed by atoms with Crippen molar-refractivity contribution in [3.63, 3.8) is 0 Å². The molecule has 5 nitrogen and oxygen atoms in total. The second-order valence-electron chi connectivity index (χ2n) is 8.10. The Balaban J connectivity index is 3.50. The molecule has 1 N–H and O–H groups in total. The molecule has 0 aromatic rings. The highest BCUT2D eigenvalue weighted by molar-refractivity contribution is 5.69. The molecule has 0 spiro atoms. The monoisotopic (exact) mass is 315 g/mol. The summed E-state index contributed by atoms with van der Waals surface area (Å²) in [6.45, 7) is 13.6. The van der Waals surface area contributed by atoms with Gasteiger partial charge in [-0.1, -0.05) is 48.0 Å². The van der Waals surface area contributed by atoms with Gasteiger partial charge in [-0.25, -0.2) is 4.79 Å². The van der Waals surface area contributed by atoms with Crippen molar-refractivity contribution in [3.8, 4) is 0 Å². The van der Waals surface area contributed by atoms with Crippen LogP contribution in [-0.4, -0.2) is 31.8 Å². The van der Waals surface area contributed by atoms with Gasteiger partial charge in [0.25, 0.3) is 0 Å². The molecule has 0 atom stereocenters. The molecule has 0 aliphatic rings. The zero-order valence-corrected chi connectivity index (χ0v) is 15.1. The van der Waals surface area contributed by atoms with Crippen LogP contribution in [0.5, 0.6) is 0 Å². The number of hydrogen-bond acceptors (Lipinski definition) is 4. The summed E-state index contributed by atoms with van der Waals surface area (Å²) in [6.07, 6.45) is 2.55. The van der Waals surface area contributed by atoms with E-state index in [0.717, 1.165) is 19.3 Å². The Morgan fingerprint density at radius 2 is 1.36 bits per heavy atom. The first-order valence-corrected chi connectivity index (χ1v) is 8.06. The van der Waals surface area contributed by atoms with Crippen molar-refractivity contribution in [3.05, 3.63) is 0 Å². The molecule has 22 heavy (non-hydrogen) atoms. The lowest BCUT2D eigenvalue weighted by Crippen LogP contribution is -2.28. The third-order valence-electron chi connectivity index (χ3n) is 2.63. The molecule has 0 aromatic heterocycles. The minimum Gasteiger partial charge on any atom is -0.465 e. The van der Waals surface area contributed by atoms with Gasteiger partial charge in [0.2, 0.25) is 0 Å². The minimum absolute atomic E-state index is 0.00694. The molecule has 0 heterocycles. The Labute approximate surface area is 135 Å². The summed E-state index contributed by atoms with van der Waals surface area (Å²) < 4.78 is 10.3. The van der Waals surface area contributed by atoms with Crippen molar-refractivity contribution < 1.29 is 19.1 Å². The van der Waals surface area contributed by atoms with Crippen molar-refractivity contribution in [2.45, 2.75) is 67.2 Å². The number of esters is 1. The van der Waals surface area contributed by atoms with Gasteiger partial charge in [0.05, 0.1) is 13.2 Å². The van der Waals surface area contributed by atoms with E-state index in [1.165, 1.54) is 0 Å². The summed E-state index contributed by atoms with van der Waals surface area (Å²) in [5.74, 6) is -0.146. The lowest BCUT2D eigenvalue weighted by Gasteiger charge is -2.18. The number of rotatable bonds is 8. The predicted octanol–water partition coefficient (Wildman–Crippen LogP) is 3.91. The van der Waals surface area contributed by atoms with Gasteiger partial charge in [0.15, 0.2) is 0 Å². The molecule has 0 fully saturated rings. The summed E-state index contributed by atoms with van der Waals surface area (Å²) in [5.41, 5.74) is -0.0161. The van der Waals surface area contributed by atoms with E-state index in [4.69, 9.17) is 9.47 Å². The van der Waals surface area contributed by atoms with Gasteiger partial charge in [0, 0.05) is 13.0 Å². The highest BCUT2D eigenvalue weighted by Gasteiger charge is 2.14. The molecule has 0 saturated heterocycles. The zero-order chi connectivity index (χ0) is 17.2.